The van der Waals surface area contributed by atoms with Crippen LogP contribution in [0.25, 0.3) is 11.4 Å². The second-order valence-corrected chi connectivity index (χ2v) is 2.55. The molecule has 0 atom stereocenters. The zero-order valence-corrected chi connectivity index (χ0v) is 7.15. The lowest BCUT2D eigenvalue weighted by Crippen LogP contribution is -2.04. The van der Waals surface area contributed by atoms with Crippen LogP contribution in [0.1, 0.15) is 5.89 Å². The molecule has 2 rings (SSSR count). The van der Waals surface area contributed by atoms with Gasteiger partial charge in [-0.3, -0.25) is 0 Å². The minimum atomic E-state index is 0.555. The first-order chi connectivity index (χ1) is 6.40. The maximum absolute atomic E-state index is 4.96. The molecule has 68 valence electrons. The highest BCUT2D eigenvalue weighted by molar-refractivity contribution is 5.51. The predicted octanol–water partition coefficient (Wildman–Crippen LogP) is 1.05. The predicted molar refractivity (Wildman–Crippen MR) is 44.8 cm³/mol. The molecule has 0 radical (unpaired) electrons. The molecule has 0 aliphatic heterocycles. The van der Waals surface area contributed by atoms with Crippen molar-refractivity contribution in [3.05, 3.63) is 24.5 Å². The van der Waals surface area contributed by atoms with Crippen LogP contribution in [0.15, 0.2) is 27.5 Å². The van der Waals surface area contributed by atoms with E-state index in [-0.39, 0.29) is 0 Å². The molecule has 2 aromatic heterocycles. The van der Waals surface area contributed by atoms with Crippen molar-refractivity contribution in [3.63, 3.8) is 0 Å². The number of nitrogens with zero attached hydrogens (tertiary/aromatic N) is 2. The molecular formula is C8H9N3O2. The fraction of sp³-hybridized carbons (Fsp3) is 0.250. The number of hydrogen-bond donors (Lipinski definition) is 1. The Labute approximate surface area is 74.7 Å². The van der Waals surface area contributed by atoms with Gasteiger partial charge in [-0.05, 0) is 13.1 Å². The van der Waals surface area contributed by atoms with Gasteiger partial charge in [-0.2, -0.15) is 4.98 Å². The van der Waals surface area contributed by atoms with E-state index in [1.807, 2.05) is 7.05 Å². The molecule has 0 unspecified atom stereocenters. The van der Waals surface area contributed by atoms with Gasteiger partial charge in [0.2, 0.25) is 11.7 Å². The quantitative estimate of drug-likeness (QED) is 0.762. The van der Waals surface area contributed by atoms with Crippen LogP contribution in [-0.4, -0.2) is 17.2 Å². The van der Waals surface area contributed by atoms with Crippen molar-refractivity contribution in [2.45, 2.75) is 6.54 Å². The summed E-state index contributed by atoms with van der Waals surface area (Å²) in [5, 5.41) is 6.71. The van der Waals surface area contributed by atoms with Gasteiger partial charge in [0.05, 0.1) is 18.4 Å². The number of hydrogen-bond acceptors (Lipinski definition) is 5. The number of furan rings is 1. The molecule has 0 bridgehead atoms. The average molecular weight is 179 g/mol. The lowest BCUT2D eigenvalue weighted by atomic mass is 10.3. The Morgan fingerprint density at radius 3 is 3.15 bits per heavy atom. The van der Waals surface area contributed by atoms with Crippen molar-refractivity contribution in [2.24, 2.45) is 0 Å². The zero-order valence-electron chi connectivity index (χ0n) is 7.15. The van der Waals surface area contributed by atoms with Crippen molar-refractivity contribution in [3.8, 4) is 11.4 Å². The molecular weight excluding hydrogens is 170 g/mol. The van der Waals surface area contributed by atoms with E-state index < -0.39 is 0 Å². The minimum absolute atomic E-state index is 0.555. The van der Waals surface area contributed by atoms with Crippen LogP contribution in [0.3, 0.4) is 0 Å². The van der Waals surface area contributed by atoms with Gasteiger partial charge in [0.15, 0.2) is 0 Å². The minimum Gasteiger partial charge on any atom is -0.472 e. The van der Waals surface area contributed by atoms with E-state index in [1.54, 1.807) is 18.6 Å². The van der Waals surface area contributed by atoms with Gasteiger partial charge >= 0.3 is 0 Å². The van der Waals surface area contributed by atoms with Crippen molar-refractivity contribution in [1.82, 2.24) is 15.5 Å². The third-order valence-corrected chi connectivity index (χ3v) is 1.58. The molecule has 0 spiro atoms. The summed E-state index contributed by atoms with van der Waals surface area (Å²) < 4.78 is 9.86. The Hall–Kier alpha value is -1.62. The molecule has 0 aliphatic rings. The van der Waals surface area contributed by atoms with Gasteiger partial charge in [0.25, 0.3) is 0 Å². The molecule has 0 saturated heterocycles. The largest absolute Gasteiger partial charge is 0.472 e. The maximum atomic E-state index is 4.96. The second kappa shape index (κ2) is 3.40. The highest BCUT2D eigenvalue weighted by atomic mass is 16.5. The number of rotatable bonds is 3. The van der Waals surface area contributed by atoms with E-state index >= 15 is 0 Å². The average Bonchev–Trinajstić information content (AvgIpc) is 2.70. The van der Waals surface area contributed by atoms with E-state index in [9.17, 15) is 0 Å². The molecule has 1 N–H and O–H groups in total. The summed E-state index contributed by atoms with van der Waals surface area (Å²) in [6.07, 6.45) is 3.15. The molecule has 0 saturated carbocycles. The highest BCUT2D eigenvalue weighted by Crippen LogP contribution is 2.15. The van der Waals surface area contributed by atoms with Gasteiger partial charge in [-0.15, -0.1) is 0 Å². The second-order valence-electron chi connectivity index (χ2n) is 2.55. The van der Waals surface area contributed by atoms with E-state index in [0.29, 0.717) is 18.3 Å². The Kier molecular flexibility index (Phi) is 2.09. The number of nitrogens with one attached hydrogen (secondary N) is 1. The van der Waals surface area contributed by atoms with Crippen molar-refractivity contribution in [2.75, 3.05) is 7.05 Å². The molecule has 2 aromatic rings. The summed E-state index contributed by atoms with van der Waals surface area (Å²) in [7, 11) is 1.82. The molecule has 5 heteroatoms. The topological polar surface area (TPSA) is 64.1 Å². The van der Waals surface area contributed by atoms with Crippen molar-refractivity contribution in [1.29, 1.82) is 0 Å². The lowest BCUT2D eigenvalue weighted by Gasteiger charge is -1.86. The van der Waals surface area contributed by atoms with Crippen LogP contribution in [0.2, 0.25) is 0 Å². The van der Waals surface area contributed by atoms with E-state index in [2.05, 4.69) is 15.5 Å². The summed E-state index contributed by atoms with van der Waals surface area (Å²) in [6, 6.07) is 1.79. The fourth-order valence-electron chi connectivity index (χ4n) is 0.987. The van der Waals surface area contributed by atoms with Gasteiger partial charge in [0.1, 0.15) is 6.26 Å². The normalized spacial score (nSPS) is 10.5. The molecule has 13 heavy (non-hydrogen) atoms. The van der Waals surface area contributed by atoms with Gasteiger partial charge in [-0.1, -0.05) is 5.16 Å². The van der Waals surface area contributed by atoms with Crippen LogP contribution in [-0.2, 0) is 6.54 Å². The van der Waals surface area contributed by atoms with Crippen LogP contribution in [0.4, 0.5) is 0 Å². The first-order valence-electron chi connectivity index (χ1n) is 3.90. The van der Waals surface area contributed by atoms with E-state index in [0.717, 1.165) is 5.56 Å². The summed E-state index contributed by atoms with van der Waals surface area (Å²) in [6.45, 7) is 0.574. The van der Waals surface area contributed by atoms with E-state index in [1.165, 1.54) is 0 Å². The fourth-order valence-corrected chi connectivity index (χ4v) is 0.987. The monoisotopic (exact) mass is 179 g/mol. The summed E-state index contributed by atoms with van der Waals surface area (Å²) in [5.41, 5.74) is 0.825. The van der Waals surface area contributed by atoms with Gasteiger partial charge in [0, 0.05) is 0 Å². The van der Waals surface area contributed by atoms with Crippen LogP contribution >= 0.6 is 0 Å². The van der Waals surface area contributed by atoms with Gasteiger partial charge in [-0.25, -0.2) is 0 Å². The molecule has 0 fully saturated rings. The lowest BCUT2D eigenvalue weighted by molar-refractivity contribution is 0.372. The number of aromatic nitrogens is 2. The van der Waals surface area contributed by atoms with Crippen LogP contribution < -0.4 is 5.32 Å². The molecule has 0 amide bonds. The molecule has 5 nitrogen and oxygen atoms in total. The molecule has 2 heterocycles. The standard InChI is InChI=1S/C8H9N3O2/c1-9-4-7-10-8(11-13-7)6-2-3-12-5-6/h2-3,5,9H,4H2,1H3. The van der Waals surface area contributed by atoms with Crippen LogP contribution in [0.5, 0.6) is 0 Å². The Balaban J connectivity index is 2.23. The SMILES string of the molecule is CNCc1nc(-c2ccoc2)no1. The summed E-state index contributed by atoms with van der Waals surface area (Å²) in [5.74, 6) is 1.12. The van der Waals surface area contributed by atoms with Gasteiger partial charge < -0.3 is 14.3 Å². The Bertz CT molecular complexity index is 366. The highest BCUT2D eigenvalue weighted by Gasteiger charge is 2.07. The van der Waals surface area contributed by atoms with Crippen molar-refractivity contribution < 1.29 is 8.94 Å². The first-order valence-corrected chi connectivity index (χ1v) is 3.90. The Morgan fingerprint density at radius 2 is 2.46 bits per heavy atom. The third-order valence-electron chi connectivity index (χ3n) is 1.58. The molecule has 0 aromatic carbocycles. The Morgan fingerprint density at radius 1 is 1.54 bits per heavy atom. The summed E-state index contributed by atoms with van der Waals surface area (Å²) in [4.78, 5) is 4.14. The summed E-state index contributed by atoms with van der Waals surface area (Å²) >= 11 is 0. The van der Waals surface area contributed by atoms with E-state index in [4.69, 9.17) is 8.94 Å². The zero-order chi connectivity index (χ0) is 9.10. The third kappa shape index (κ3) is 1.59. The van der Waals surface area contributed by atoms with Crippen molar-refractivity contribution >= 4 is 0 Å². The molecule has 0 aliphatic carbocycles. The van der Waals surface area contributed by atoms with Crippen LogP contribution in [0, 0.1) is 0 Å². The smallest absolute Gasteiger partial charge is 0.240 e. The first kappa shape index (κ1) is 8.00. The maximum Gasteiger partial charge on any atom is 0.240 e.